The van der Waals surface area contributed by atoms with Crippen molar-refractivity contribution in [1.82, 2.24) is 4.90 Å². The molecule has 0 aromatic heterocycles. The van der Waals surface area contributed by atoms with Gasteiger partial charge >= 0.3 is 0 Å². The lowest BCUT2D eigenvalue weighted by Gasteiger charge is -2.36. The Bertz CT molecular complexity index is 943. The largest absolute Gasteiger partial charge is 0.496 e. The number of amides is 1. The zero-order chi connectivity index (χ0) is 21.3. The lowest BCUT2D eigenvalue weighted by Crippen LogP contribution is -2.48. The Balaban J connectivity index is 1.37. The van der Waals surface area contributed by atoms with Gasteiger partial charge in [-0.2, -0.15) is 0 Å². The molecule has 6 nitrogen and oxygen atoms in total. The minimum atomic E-state index is -0.547. The van der Waals surface area contributed by atoms with Crippen molar-refractivity contribution < 1.29 is 19.4 Å². The van der Waals surface area contributed by atoms with Gasteiger partial charge in [0, 0.05) is 31.7 Å². The number of carbonyl (C=O) groups excluding carboxylic acids is 1. The Morgan fingerprint density at radius 3 is 2.77 bits per heavy atom. The predicted molar refractivity (Wildman–Crippen MR) is 116 cm³/mol. The molecular formula is C24H30N2O4. The van der Waals surface area contributed by atoms with Crippen molar-refractivity contribution in [2.75, 3.05) is 25.5 Å². The Kier molecular flexibility index (Phi) is 5.97. The number of aliphatic hydroxyl groups is 1. The number of carbonyl (C=O) groups is 1. The van der Waals surface area contributed by atoms with Crippen LogP contribution < -0.4 is 14.8 Å². The number of anilines is 1. The third kappa shape index (κ3) is 4.45. The van der Waals surface area contributed by atoms with Crippen molar-refractivity contribution in [3.63, 3.8) is 0 Å². The number of nitrogens with one attached hydrogen (secondary N) is 1. The number of nitrogens with zero attached hydrogens (tertiary/aromatic N) is 1. The Labute approximate surface area is 177 Å². The van der Waals surface area contributed by atoms with Crippen molar-refractivity contribution in [1.29, 1.82) is 0 Å². The highest BCUT2D eigenvalue weighted by Gasteiger charge is 2.30. The van der Waals surface area contributed by atoms with E-state index >= 15 is 0 Å². The van der Waals surface area contributed by atoms with E-state index in [2.05, 4.69) is 36.2 Å². The van der Waals surface area contributed by atoms with Crippen LogP contribution in [0.15, 0.2) is 30.3 Å². The summed E-state index contributed by atoms with van der Waals surface area (Å²) in [6.07, 6.45) is 1.22. The molecule has 30 heavy (non-hydrogen) atoms. The monoisotopic (exact) mass is 410 g/mol. The number of benzene rings is 2. The van der Waals surface area contributed by atoms with Gasteiger partial charge in [0.25, 0.3) is 0 Å². The summed E-state index contributed by atoms with van der Waals surface area (Å²) in [5.74, 6) is 1.72. The third-order valence-electron chi connectivity index (χ3n) is 6.11. The first kappa shape index (κ1) is 20.7. The molecule has 6 heteroatoms. The maximum absolute atomic E-state index is 11.5. The number of fused-ring (bicyclic) bond motifs is 1. The number of aliphatic hydroxyl groups excluding tert-OH is 1. The summed E-state index contributed by atoms with van der Waals surface area (Å²) in [6.45, 7) is 6.41. The standard InChI is InChI=1S/C24H30N2O4/c1-15-11-23(29-3)16(2)10-18(15)13-26-9-8-22(21(27)14-26)30-19-5-6-20-17(12-19)4-7-24(28)25-20/h5-6,10-12,21-22,27H,4,7-9,13-14H2,1-3H3,(H,25,28)/t21-,22-/m1/s1. The first-order chi connectivity index (χ1) is 14.4. The number of hydrogen-bond acceptors (Lipinski definition) is 5. The predicted octanol–water partition coefficient (Wildman–Crippen LogP) is 3.21. The number of β-amino-alcohol motifs (C(OH)–C–C–N with tert-alkyl or cyclic N) is 1. The van der Waals surface area contributed by atoms with Crippen LogP contribution in [0.1, 0.15) is 35.1 Å². The highest BCUT2D eigenvalue weighted by Crippen LogP contribution is 2.29. The molecule has 2 heterocycles. The van der Waals surface area contributed by atoms with Crippen molar-refractivity contribution in [3.05, 3.63) is 52.6 Å². The number of ether oxygens (including phenoxy) is 2. The van der Waals surface area contributed by atoms with Crippen molar-refractivity contribution in [3.8, 4) is 11.5 Å². The minimum absolute atomic E-state index is 0.0567. The molecule has 0 aliphatic carbocycles. The van der Waals surface area contributed by atoms with E-state index in [1.807, 2.05) is 18.2 Å². The average Bonchev–Trinajstić information content (AvgIpc) is 2.72. The van der Waals surface area contributed by atoms with E-state index in [1.54, 1.807) is 7.11 Å². The van der Waals surface area contributed by atoms with E-state index in [0.717, 1.165) is 54.2 Å². The lowest BCUT2D eigenvalue weighted by atomic mass is 10.0. The molecule has 0 unspecified atom stereocenters. The summed E-state index contributed by atoms with van der Waals surface area (Å²) < 4.78 is 11.5. The van der Waals surface area contributed by atoms with Gasteiger partial charge < -0.3 is 19.9 Å². The molecule has 0 bridgehead atoms. The van der Waals surface area contributed by atoms with Gasteiger partial charge in [0.15, 0.2) is 0 Å². The van der Waals surface area contributed by atoms with Gasteiger partial charge in [-0.25, -0.2) is 0 Å². The normalized spacial score (nSPS) is 21.7. The summed E-state index contributed by atoms with van der Waals surface area (Å²) in [5, 5.41) is 13.6. The Morgan fingerprint density at radius 1 is 1.17 bits per heavy atom. The molecule has 2 aliphatic heterocycles. The third-order valence-corrected chi connectivity index (χ3v) is 6.11. The molecule has 1 amide bonds. The zero-order valence-corrected chi connectivity index (χ0v) is 17.9. The van der Waals surface area contributed by atoms with Gasteiger partial charge in [0.05, 0.1) is 7.11 Å². The molecule has 2 aromatic rings. The van der Waals surface area contributed by atoms with Gasteiger partial charge in [-0.15, -0.1) is 0 Å². The van der Waals surface area contributed by atoms with Gasteiger partial charge in [0.1, 0.15) is 23.7 Å². The second-order valence-electron chi connectivity index (χ2n) is 8.36. The molecule has 2 aromatic carbocycles. The van der Waals surface area contributed by atoms with Gasteiger partial charge in [-0.3, -0.25) is 9.69 Å². The molecular weight excluding hydrogens is 380 g/mol. The molecule has 1 fully saturated rings. The SMILES string of the molecule is COc1cc(C)c(CN2CC[C@@H](Oc3ccc4c(c3)CCC(=O)N4)[C@H](O)C2)cc1C. The van der Waals surface area contributed by atoms with Gasteiger partial charge in [0.2, 0.25) is 5.91 Å². The topological polar surface area (TPSA) is 71.0 Å². The summed E-state index contributed by atoms with van der Waals surface area (Å²) in [4.78, 5) is 13.8. The van der Waals surface area contributed by atoms with E-state index in [4.69, 9.17) is 9.47 Å². The van der Waals surface area contributed by atoms with Gasteiger partial charge in [-0.05, 0) is 73.2 Å². The molecule has 2 N–H and O–H groups in total. The van der Waals surface area contributed by atoms with Crippen LogP contribution in [0.2, 0.25) is 0 Å². The molecule has 0 saturated carbocycles. The van der Waals surface area contributed by atoms with E-state index < -0.39 is 6.10 Å². The molecule has 1 saturated heterocycles. The lowest BCUT2D eigenvalue weighted by molar-refractivity contribution is -0.116. The van der Waals surface area contributed by atoms with Crippen LogP contribution in [0.5, 0.6) is 11.5 Å². The fourth-order valence-electron chi connectivity index (χ4n) is 4.35. The number of piperidine rings is 1. The summed E-state index contributed by atoms with van der Waals surface area (Å²) in [5.41, 5.74) is 5.53. The maximum Gasteiger partial charge on any atom is 0.224 e. The molecule has 160 valence electrons. The maximum atomic E-state index is 11.5. The van der Waals surface area contributed by atoms with E-state index in [-0.39, 0.29) is 12.0 Å². The van der Waals surface area contributed by atoms with Crippen molar-refractivity contribution in [2.24, 2.45) is 0 Å². The van der Waals surface area contributed by atoms with Crippen LogP contribution >= 0.6 is 0 Å². The molecule has 4 rings (SSSR count). The van der Waals surface area contributed by atoms with Crippen molar-refractivity contribution in [2.45, 2.75) is 51.9 Å². The fraction of sp³-hybridized carbons (Fsp3) is 0.458. The fourth-order valence-corrected chi connectivity index (χ4v) is 4.35. The molecule has 2 atom stereocenters. The van der Waals surface area contributed by atoms with Crippen LogP contribution in [0, 0.1) is 13.8 Å². The first-order valence-electron chi connectivity index (χ1n) is 10.6. The van der Waals surface area contributed by atoms with Crippen LogP contribution in [-0.4, -0.2) is 48.3 Å². The Morgan fingerprint density at radius 2 is 2.00 bits per heavy atom. The highest BCUT2D eigenvalue weighted by atomic mass is 16.5. The molecule has 0 radical (unpaired) electrons. The van der Waals surface area contributed by atoms with E-state index in [1.165, 1.54) is 11.1 Å². The number of likely N-dealkylation sites (tertiary alicyclic amines) is 1. The quantitative estimate of drug-likeness (QED) is 0.792. The zero-order valence-electron chi connectivity index (χ0n) is 17.9. The van der Waals surface area contributed by atoms with Crippen LogP contribution in [0.3, 0.4) is 0 Å². The highest BCUT2D eigenvalue weighted by molar-refractivity contribution is 5.94. The minimum Gasteiger partial charge on any atom is -0.496 e. The summed E-state index contributed by atoms with van der Waals surface area (Å²) >= 11 is 0. The average molecular weight is 411 g/mol. The smallest absolute Gasteiger partial charge is 0.224 e. The van der Waals surface area contributed by atoms with Gasteiger partial charge in [-0.1, -0.05) is 6.07 Å². The van der Waals surface area contributed by atoms with Crippen LogP contribution in [0.25, 0.3) is 0 Å². The molecule has 0 spiro atoms. The summed E-state index contributed by atoms with van der Waals surface area (Å²) in [6, 6.07) is 9.99. The number of methoxy groups -OCH3 is 1. The van der Waals surface area contributed by atoms with Crippen molar-refractivity contribution >= 4 is 11.6 Å². The second-order valence-corrected chi connectivity index (χ2v) is 8.36. The second kappa shape index (κ2) is 8.66. The van der Waals surface area contributed by atoms with Crippen LogP contribution in [0.4, 0.5) is 5.69 Å². The van der Waals surface area contributed by atoms with E-state index in [9.17, 15) is 9.90 Å². The number of hydrogen-bond donors (Lipinski definition) is 2. The molecule has 2 aliphatic rings. The summed E-state index contributed by atoms with van der Waals surface area (Å²) in [7, 11) is 1.70. The van der Waals surface area contributed by atoms with Crippen LogP contribution in [-0.2, 0) is 17.8 Å². The number of rotatable bonds is 5. The first-order valence-corrected chi connectivity index (χ1v) is 10.6. The van der Waals surface area contributed by atoms with E-state index in [0.29, 0.717) is 13.0 Å². The number of aryl methyl sites for hydroxylation is 3. The Hall–Kier alpha value is -2.57.